The Morgan fingerprint density at radius 1 is 1.32 bits per heavy atom. The SMILES string of the molecule is O=C1N(Cc2ccccc2F)CC[C@]12CCCNC2. The van der Waals surface area contributed by atoms with Crippen LogP contribution in [0, 0.1) is 11.2 Å². The molecule has 0 aliphatic carbocycles. The fourth-order valence-electron chi connectivity index (χ4n) is 3.24. The van der Waals surface area contributed by atoms with Crippen molar-refractivity contribution in [3.8, 4) is 0 Å². The number of hydrogen-bond donors (Lipinski definition) is 1. The average Bonchev–Trinajstić information content (AvgIpc) is 2.72. The maximum absolute atomic E-state index is 13.7. The summed E-state index contributed by atoms with van der Waals surface area (Å²) in [7, 11) is 0. The molecule has 0 unspecified atom stereocenters. The highest BCUT2D eigenvalue weighted by Gasteiger charge is 2.46. The fraction of sp³-hybridized carbons (Fsp3) is 0.533. The van der Waals surface area contributed by atoms with Crippen LogP contribution < -0.4 is 5.32 Å². The van der Waals surface area contributed by atoms with E-state index in [1.807, 2.05) is 11.0 Å². The molecule has 2 saturated heterocycles. The average molecular weight is 262 g/mol. The maximum Gasteiger partial charge on any atom is 0.230 e. The molecule has 0 saturated carbocycles. The molecule has 19 heavy (non-hydrogen) atoms. The molecular formula is C15H19FN2O. The molecule has 3 rings (SSSR count). The number of carbonyl (C=O) groups is 1. The van der Waals surface area contributed by atoms with E-state index in [2.05, 4.69) is 5.32 Å². The van der Waals surface area contributed by atoms with Gasteiger partial charge in [0.1, 0.15) is 5.82 Å². The van der Waals surface area contributed by atoms with Crippen molar-refractivity contribution < 1.29 is 9.18 Å². The molecule has 2 fully saturated rings. The molecule has 1 amide bonds. The topological polar surface area (TPSA) is 32.3 Å². The van der Waals surface area contributed by atoms with Gasteiger partial charge in [0.2, 0.25) is 5.91 Å². The van der Waals surface area contributed by atoms with Gasteiger partial charge in [0.05, 0.1) is 5.41 Å². The summed E-state index contributed by atoms with van der Waals surface area (Å²) >= 11 is 0. The van der Waals surface area contributed by atoms with Gasteiger partial charge >= 0.3 is 0 Å². The molecule has 2 aliphatic heterocycles. The lowest BCUT2D eigenvalue weighted by molar-refractivity contribution is -0.137. The lowest BCUT2D eigenvalue weighted by Crippen LogP contribution is -2.45. The van der Waals surface area contributed by atoms with E-state index in [9.17, 15) is 9.18 Å². The first kappa shape index (κ1) is 12.6. The van der Waals surface area contributed by atoms with Crippen LogP contribution in [0.1, 0.15) is 24.8 Å². The van der Waals surface area contributed by atoms with Crippen molar-refractivity contribution in [3.63, 3.8) is 0 Å². The first-order chi connectivity index (χ1) is 9.21. The Labute approximate surface area is 112 Å². The van der Waals surface area contributed by atoms with E-state index in [4.69, 9.17) is 0 Å². The van der Waals surface area contributed by atoms with Crippen LogP contribution in [0.5, 0.6) is 0 Å². The summed E-state index contributed by atoms with van der Waals surface area (Å²) in [6.45, 7) is 2.92. The van der Waals surface area contributed by atoms with Gasteiger partial charge in [-0.1, -0.05) is 18.2 Å². The zero-order chi connectivity index (χ0) is 13.3. The number of rotatable bonds is 2. The highest BCUT2D eigenvalue weighted by molar-refractivity contribution is 5.85. The Balaban J connectivity index is 1.74. The molecule has 4 heteroatoms. The maximum atomic E-state index is 13.7. The second-order valence-corrected chi connectivity index (χ2v) is 5.63. The van der Waals surface area contributed by atoms with Crippen LogP contribution in [0.3, 0.4) is 0 Å². The zero-order valence-corrected chi connectivity index (χ0v) is 11.0. The Morgan fingerprint density at radius 3 is 2.89 bits per heavy atom. The number of benzene rings is 1. The zero-order valence-electron chi connectivity index (χ0n) is 11.0. The second-order valence-electron chi connectivity index (χ2n) is 5.63. The second kappa shape index (κ2) is 4.93. The number of nitrogens with one attached hydrogen (secondary N) is 1. The standard InChI is InChI=1S/C15H19FN2O/c16-13-5-2-1-4-12(13)10-18-9-7-15(14(18)19)6-3-8-17-11-15/h1-2,4-5,17H,3,6-11H2/t15-/m0/s1. The fourth-order valence-corrected chi connectivity index (χ4v) is 3.24. The van der Waals surface area contributed by atoms with Crippen LogP contribution in [-0.2, 0) is 11.3 Å². The number of piperidine rings is 1. The first-order valence-corrected chi connectivity index (χ1v) is 6.95. The largest absolute Gasteiger partial charge is 0.338 e. The number of nitrogens with zero attached hydrogens (tertiary/aromatic N) is 1. The van der Waals surface area contributed by atoms with Crippen molar-refractivity contribution in [1.82, 2.24) is 10.2 Å². The van der Waals surface area contributed by atoms with Crippen LogP contribution in [0.25, 0.3) is 0 Å². The molecule has 0 aromatic heterocycles. The molecule has 3 nitrogen and oxygen atoms in total. The van der Waals surface area contributed by atoms with Crippen LogP contribution in [0.2, 0.25) is 0 Å². The molecule has 1 N–H and O–H groups in total. The molecule has 102 valence electrons. The van der Waals surface area contributed by atoms with Gasteiger partial charge in [-0.15, -0.1) is 0 Å². The molecule has 1 atom stereocenters. The smallest absolute Gasteiger partial charge is 0.230 e. The molecule has 0 radical (unpaired) electrons. The molecular weight excluding hydrogens is 243 g/mol. The van der Waals surface area contributed by atoms with Crippen molar-refractivity contribution in [2.45, 2.75) is 25.8 Å². The van der Waals surface area contributed by atoms with E-state index in [1.165, 1.54) is 6.07 Å². The number of amides is 1. The summed E-state index contributed by atoms with van der Waals surface area (Å²) in [6.07, 6.45) is 2.92. The Hall–Kier alpha value is -1.42. The van der Waals surface area contributed by atoms with E-state index < -0.39 is 0 Å². The van der Waals surface area contributed by atoms with E-state index in [1.54, 1.807) is 12.1 Å². The van der Waals surface area contributed by atoms with Crippen molar-refractivity contribution in [2.75, 3.05) is 19.6 Å². The third-order valence-corrected chi connectivity index (χ3v) is 4.39. The highest BCUT2D eigenvalue weighted by Crippen LogP contribution is 2.38. The number of likely N-dealkylation sites (tertiary alicyclic amines) is 1. The van der Waals surface area contributed by atoms with Crippen molar-refractivity contribution >= 4 is 5.91 Å². The first-order valence-electron chi connectivity index (χ1n) is 6.95. The molecule has 0 bridgehead atoms. The van der Waals surface area contributed by atoms with Gasteiger partial charge in [0.15, 0.2) is 0 Å². The summed E-state index contributed by atoms with van der Waals surface area (Å²) in [5.74, 6) is -0.0269. The van der Waals surface area contributed by atoms with Gasteiger partial charge in [-0.05, 0) is 31.9 Å². The summed E-state index contributed by atoms with van der Waals surface area (Å²) in [4.78, 5) is 14.4. The predicted octanol–water partition coefficient (Wildman–Crippen LogP) is 1.93. The summed E-state index contributed by atoms with van der Waals surface area (Å²) in [6, 6.07) is 6.70. The van der Waals surface area contributed by atoms with Gasteiger partial charge in [0, 0.05) is 25.2 Å². The quantitative estimate of drug-likeness (QED) is 0.883. The van der Waals surface area contributed by atoms with E-state index in [-0.39, 0.29) is 17.1 Å². The molecule has 1 aromatic rings. The minimum Gasteiger partial charge on any atom is -0.338 e. The van der Waals surface area contributed by atoms with Gasteiger partial charge < -0.3 is 10.2 Å². The Morgan fingerprint density at radius 2 is 2.16 bits per heavy atom. The minimum absolute atomic E-state index is 0.197. The molecule has 2 heterocycles. The summed E-state index contributed by atoms with van der Waals surface area (Å²) < 4.78 is 13.7. The van der Waals surface area contributed by atoms with Crippen molar-refractivity contribution in [2.24, 2.45) is 5.41 Å². The minimum atomic E-state index is -0.224. The third kappa shape index (κ3) is 2.25. The van der Waals surface area contributed by atoms with Crippen LogP contribution >= 0.6 is 0 Å². The number of carbonyl (C=O) groups excluding carboxylic acids is 1. The van der Waals surface area contributed by atoms with Gasteiger partial charge in [0.25, 0.3) is 0 Å². The third-order valence-electron chi connectivity index (χ3n) is 4.39. The monoisotopic (exact) mass is 262 g/mol. The Bertz CT molecular complexity index is 483. The lowest BCUT2D eigenvalue weighted by Gasteiger charge is -2.32. The van der Waals surface area contributed by atoms with E-state index in [0.717, 1.165) is 38.9 Å². The van der Waals surface area contributed by atoms with Crippen molar-refractivity contribution in [1.29, 1.82) is 0 Å². The van der Waals surface area contributed by atoms with Crippen LogP contribution in [0.4, 0.5) is 4.39 Å². The van der Waals surface area contributed by atoms with Crippen molar-refractivity contribution in [3.05, 3.63) is 35.6 Å². The lowest BCUT2D eigenvalue weighted by atomic mass is 9.79. The van der Waals surface area contributed by atoms with Crippen LogP contribution in [0.15, 0.2) is 24.3 Å². The van der Waals surface area contributed by atoms with Crippen LogP contribution in [-0.4, -0.2) is 30.4 Å². The summed E-state index contributed by atoms with van der Waals surface area (Å²) in [5, 5.41) is 3.32. The number of halogens is 1. The summed E-state index contributed by atoms with van der Waals surface area (Å²) in [5.41, 5.74) is 0.389. The van der Waals surface area contributed by atoms with E-state index in [0.29, 0.717) is 12.1 Å². The van der Waals surface area contributed by atoms with Gasteiger partial charge in [-0.3, -0.25) is 4.79 Å². The molecule has 1 aromatic carbocycles. The molecule has 1 spiro atoms. The van der Waals surface area contributed by atoms with E-state index >= 15 is 0 Å². The normalized spacial score (nSPS) is 27.2. The number of hydrogen-bond acceptors (Lipinski definition) is 2. The van der Waals surface area contributed by atoms with Gasteiger partial charge in [-0.25, -0.2) is 4.39 Å². The van der Waals surface area contributed by atoms with Gasteiger partial charge in [-0.2, -0.15) is 0 Å². The molecule has 2 aliphatic rings. The Kier molecular flexibility index (Phi) is 3.27. The predicted molar refractivity (Wildman–Crippen MR) is 71.0 cm³/mol. The highest BCUT2D eigenvalue weighted by atomic mass is 19.1.